The summed E-state index contributed by atoms with van der Waals surface area (Å²) in [4.78, 5) is 35.7. The van der Waals surface area contributed by atoms with Crippen LogP contribution >= 0.6 is 0 Å². The van der Waals surface area contributed by atoms with E-state index in [0.29, 0.717) is 31.9 Å². The molecule has 2 aliphatic heterocycles. The second-order valence-corrected chi connectivity index (χ2v) is 9.35. The van der Waals surface area contributed by atoms with Crippen molar-refractivity contribution in [2.75, 3.05) is 33.7 Å². The second-order valence-electron chi connectivity index (χ2n) is 9.35. The number of hydrogen-bond donors (Lipinski definition) is 0. The van der Waals surface area contributed by atoms with Gasteiger partial charge < -0.3 is 14.7 Å². The number of aryl methyl sites for hydroxylation is 1. The number of pyridine rings is 1. The van der Waals surface area contributed by atoms with Crippen LogP contribution in [0.2, 0.25) is 0 Å². The summed E-state index contributed by atoms with van der Waals surface area (Å²) < 4.78 is 2.00. The van der Waals surface area contributed by atoms with Gasteiger partial charge in [-0.1, -0.05) is 6.07 Å². The molecular formula is C23H32N6O2. The maximum atomic E-state index is 13.4. The molecule has 1 saturated heterocycles. The van der Waals surface area contributed by atoms with Gasteiger partial charge in [0.25, 0.3) is 5.91 Å². The first-order valence-corrected chi connectivity index (χ1v) is 11.0. The molecule has 1 spiro atoms. The molecular weight excluding hydrogens is 392 g/mol. The van der Waals surface area contributed by atoms with Gasteiger partial charge in [-0.2, -0.15) is 5.10 Å². The van der Waals surface area contributed by atoms with Crippen LogP contribution in [0.3, 0.4) is 0 Å². The topological polar surface area (TPSA) is 74.6 Å². The van der Waals surface area contributed by atoms with E-state index in [0.717, 1.165) is 29.8 Å². The lowest BCUT2D eigenvalue weighted by atomic mass is 9.72. The highest BCUT2D eigenvalue weighted by molar-refractivity contribution is 5.92. The SMILES string of the molecule is Cc1cccc(C(=O)N2Cc3cn(C(C)C)nc3C3(CCN(C(=O)N(C)C)CC3)C2)n1. The number of rotatable bonds is 2. The minimum Gasteiger partial charge on any atom is -0.332 e. The zero-order valence-corrected chi connectivity index (χ0v) is 19.1. The van der Waals surface area contributed by atoms with E-state index in [1.165, 1.54) is 0 Å². The lowest BCUT2D eigenvalue weighted by molar-refractivity contribution is 0.0578. The molecule has 2 aromatic rings. The molecule has 2 aromatic heterocycles. The summed E-state index contributed by atoms with van der Waals surface area (Å²) >= 11 is 0. The van der Waals surface area contributed by atoms with Crippen molar-refractivity contribution in [1.29, 1.82) is 0 Å². The fourth-order valence-electron chi connectivity index (χ4n) is 4.73. The van der Waals surface area contributed by atoms with Crippen LogP contribution in [0.4, 0.5) is 4.79 Å². The van der Waals surface area contributed by atoms with Crippen LogP contribution in [0.1, 0.15) is 60.2 Å². The van der Waals surface area contributed by atoms with Gasteiger partial charge in [-0.3, -0.25) is 9.48 Å². The lowest BCUT2D eigenvalue weighted by Crippen LogP contribution is -2.55. The Morgan fingerprint density at radius 2 is 1.84 bits per heavy atom. The molecule has 8 heteroatoms. The van der Waals surface area contributed by atoms with Gasteiger partial charge in [-0.05, 0) is 45.7 Å². The van der Waals surface area contributed by atoms with Crippen LogP contribution in [0.5, 0.6) is 0 Å². The van der Waals surface area contributed by atoms with Crippen molar-refractivity contribution in [1.82, 2.24) is 29.5 Å². The highest BCUT2D eigenvalue weighted by Crippen LogP contribution is 2.41. The first-order chi connectivity index (χ1) is 14.7. The van der Waals surface area contributed by atoms with Crippen LogP contribution in [0.25, 0.3) is 0 Å². The van der Waals surface area contributed by atoms with Gasteiger partial charge in [-0.15, -0.1) is 0 Å². The summed E-state index contributed by atoms with van der Waals surface area (Å²) in [6.07, 6.45) is 3.67. The van der Waals surface area contributed by atoms with Crippen molar-refractivity contribution in [3.8, 4) is 0 Å². The third kappa shape index (κ3) is 3.91. The molecule has 0 aliphatic carbocycles. The van der Waals surface area contributed by atoms with E-state index in [1.807, 2.05) is 33.5 Å². The van der Waals surface area contributed by atoms with E-state index in [1.54, 1.807) is 25.1 Å². The number of carbonyl (C=O) groups excluding carboxylic acids is 2. The van der Waals surface area contributed by atoms with Crippen LogP contribution in [0, 0.1) is 6.92 Å². The van der Waals surface area contributed by atoms with Gasteiger partial charge in [0.1, 0.15) is 5.69 Å². The van der Waals surface area contributed by atoms with Crippen molar-refractivity contribution in [2.45, 2.75) is 51.6 Å². The highest BCUT2D eigenvalue weighted by Gasteiger charge is 2.46. The largest absolute Gasteiger partial charge is 0.332 e. The molecule has 166 valence electrons. The first kappa shape index (κ1) is 21.3. The Bertz CT molecular complexity index is 988. The molecule has 2 aliphatic rings. The third-order valence-electron chi connectivity index (χ3n) is 6.46. The summed E-state index contributed by atoms with van der Waals surface area (Å²) in [7, 11) is 3.57. The molecule has 0 unspecified atom stereocenters. The molecule has 1 fully saturated rings. The predicted octanol–water partition coefficient (Wildman–Crippen LogP) is 2.84. The van der Waals surface area contributed by atoms with E-state index >= 15 is 0 Å². The molecule has 0 bridgehead atoms. The van der Waals surface area contributed by atoms with E-state index in [4.69, 9.17) is 5.10 Å². The van der Waals surface area contributed by atoms with E-state index in [9.17, 15) is 9.59 Å². The average molecular weight is 425 g/mol. The van der Waals surface area contributed by atoms with Crippen LogP contribution in [-0.2, 0) is 12.0 Å². The molecule has 8 nitrogen and oxygen atoms in total. The first-order valence-electron chi connectivity index (χ1n) is 11.0. The fourth-order valence-corrected chi connectivity index (χ4v) is 4.73. The van der Waals surface area contributed by atoms with Crippen molar-refractivity contribution >= 4 is 11.9 Å². The van der Waals surface area contributed by atoms with E-state index in [-0.39, 0.29) is 23.4 Å². The quantitative estimate of drug-likeness (QED) is 0.743. The number of nitrogens with zero attached hydrogens (tertiary/aromatic N) is 6. The number of aromatic nitrogens is 3. The normalized spacial score (nSPS) is 17.7. The average Bonchev–Trinajstić information content (AvgIpc) is 3.19. The Hall–Kier alpha value is -2.90. The molecule has 0 N–H and O–H groups in total. The number of likely N-dealkylation sites (tertiary alicyclic amines) is 1. The monoisotopic (exact) mass is 424 g/mol. The highest BCUT2D eigenvalue weighted by atomic mass is 16.2. The number of amides is 3. The van der Waals surface area contributed by atoms with Crippen molar-refractivity contribution < 1.29 is 9.59 Å². The summed E-state index contributed by atoms with van der Waals surface area (Å²) in [6, 6.07) is 5.85. The molecule has 3 amide bonds. The molecule has 0 aromatic carbocycles. The molecule has 0 saturated carbocycles. The standard InChI is InChI=1S/C23H32N6O2/c1-16(2)29-14-18-13-28(21(30)19-8-6-7-17(3)24-19)15-23(20(18)25-29)9-11-27(12-10-23)22(31)26(4)5/h6-8,14,16H,9-13,15H2,1-5H3. The maximum absolute atomic E-state index is 13.4. The Labute approximate surface area is 183 Å². The summed E-state index contributed by atoms with van der Waals surface area (Å²) in [5, 5.41) is 4.96. The van der Waals surface area contributed by atoms with Gasteiger partial charge in [0.05, 0.1) is 5.69 Å². The van der Waals surface area contributed by atoms with Gasteiger partial charge in [0, 0.05) is 69.2 Å². The minimum atomic E-state index is -0.240. The second kappa shape index (κ2) is 7.98. The Balaban J connectivity index is 1.66. The number of carbonyl (C=O) groups is 2. The zero-order chi connectivity index (χ0) is 22.3. The molecule has 31 heavy (non-hydrogen) atoms. The zero-order valence-electron chi connectivity index (χ0n) is 19.1. The van der Waals surface area contributed by atoms with Gasteiger partial charge in [0.2, 0.25) is 0 Å². The van der Waals surface area contributed by atoms with E-state index < -0.39 is 0 Å². The van der Waals surface area contributed by atoms with Gasteiger partial charge in [-0.25, -0.2) is 9.78 Å². The lowest BCUT2D eigenvalue weighted by Gasteiger charge is -2.46. The van der Waals surface area contributed by atoms with Crippen molar-refractivity contribution in [3.05, 3.63) is 47.0 Å². The smallest absolute Gasteiger partial charge is 0.319 e. The Morgan fingerprint density at radius 3 is 2.45 bits per heavy atom. The fraction of sp³-hybridized carbons (Fsp3) is 0.565. The van der Waals surface area contributed by atoms with Gasteiger partial charge >= 0.3 is 6.03 Å². The summed E-state index contributed by atoms with van der Waals surface area (Å²) in [5.41, 5.74) is 3.28. The van der Waals surface area contributed by atoms with Crippen LogP contribution in [-0.4, -0.2) is 75.1 Å². The van der Waals surface area contributed by atoms with Crippen LogP contribution in [0.15, 0.2) is 24.4 Å². The van der Waals surface area contributed by atoms with E-state index in [2.05, 4.69) is 25.0 Å². The van der Waals surface area contributed by atoms with Crippen molar-refractivity contribution in [3.63, 3.8) is 0 Å². The predicted molar refractivity (Wildman–Crippen MR) is 118 cm³/mol. The number of piperidine rings is 1. The number of urea groups is 1. The Morgan fingerprint density at radius 1 is 1.13 bits per heavy atom. The number of fused-ring (bicyclic) bond motifs is 2. The molecule has 0 radical (unpaired) electrons. The van der Waals surface area contributed by atoms with Crippen LogP contribution < -0.4 is 0 Å². The number of hydrogen-bond acceptors (Lipinski definition) is 4. The molecule has 0 atom stereocenters. The molecule has 4 rings (SSSR count). The Kier molecular flexibility index (Phi) is 5.49. The maximum Gasteiger partial charge on any atom is 0.319 e. The summed E-state index contributed by atoms with van der Waals surface area (Å²) in [5.74, 6) is -0.0437. The summed E-state index contributed by atoms with van der Waals surface area (Å²) in [6.45, 7) is 8.60. The minimum absolute atomic E-state index is 0.0375. The third-order valence-corrected chi connectivity index (χ3v) is 6.46. The van der Waals surface area contributed by atoms with Crippen molar-refractivity contribution in [2.24, 2.45) is 0 Å². The molecule has 4 heterocycles. The van der Waals surface area contributed by atoms with Gasteiger partial charge in [0.15, 0.2) is 0 Å².